The molecule has 0 aromatic heterocycles. The Labute approximate surface area is 149 Å². The highest BCUT2D eigenvalue weighted by Crippen LogP contribution is 2.21. The van der Waals surface area contributed by atoms with E-state index < -0.39 is 0 Å². The molecule has 25 heavy (non-hydrogen) atoms. The maximum Gasteiger partial charge on any atom is 0.222 e. The molecular weight excluding hydrogens is 319 g/mol. The van der Waals surface area contributed by atoms with Crippen molar-refractivity contribution in [3.05, 3.63) is 30.1 Å². The number of carbonyl (C=O) groups is 1. The number of benzene rings is 1. The lowest BCUT2D eigenvalue weighted by atomic mass is 10.1. The summed E-state index contributed by atoms with van der Waals surface area (Å²) in [5, 5.41) is 0. The van der Waals surface area contributed by atoms with Crippen LogP contribution in [0.5, 0.6) is 0 Å². The first-order chi connectivity index (χ1) is 12.2. The molecule has 1 aromatic carbocycles. The first kappa shape index (κ1) is 16.8. The number of anilines is 1. The quantitative estimate of drug-likeness (QED) is 0.803. The van der Waals surface area contributed by atoms with Crippen molar-refractivity contribution in [2.24, 2.45) is 0 Å². The van der Waals surface area contributed by atoms with Gasteiger partial charge in [-0.1, -0.05) is 0 Å². The van der Waals surface area contributed by atoms with Crippen LogP contribution in [0.1, 0.15) is 12.8 Å². The molecule has 0 N–H and O–H groups in total. The lowest BCUT2D eigenvalue weighted by Crippen LogP contribution is -2.63. The second-order valence-corrected chi connectivity index (χ2v) is 7.40. The molecule has 3 fully saturated rings. The Balaban J connectivity index is 1.17. The van der Waals surface area contributed by atoms with E-state index in [1.54, 1.807) is 0 Å². The van der Waals surface area contributed by atoms with Crippen LogP contribution < -0.4 is 4.90 Å². The Kier molecular flexibility index (Phi) is 4.90. The fourth-order valence-electron chi connectivity index (χ4n) is 4.16. The average Bonchev–Trinajstić information content (AvgIpc) is 3.00. The third-order valence-electron chi connectivity index (χ3n) is 5.82. The van der Waals surface area contributed by atoms with Gasteiger partial charge in [0, 0.05) is 77.1 Å². The molecule has 1 aromatic rings. The molecule has 0 radical (unpaired) electrons. The molecule has 3 aliphatic heterocycles. The van der Waals surface area contributed by atoms with Crippen LogP contribution in [0.3, 0.4) is 0 Å². The van der Waals surface area contributed by atoms with Crippen LogP contribution in [-0.4, -0.2) is 85.6 Å². The molecule has 3 saturated heterocycles. The van der Waals surface area contributed by atoms with Crippen molar-refractivity contribution in [3.8, 4) is 0 Å². The van der Waals surface area contributed by atoms with E-state index in [4.69, 9.17) is 0 Å². The summed E-state index contributed by atoms with van der Waals surface area (Å²) in [4.78, 5) is 21.0. The van der Waals surface area contributed by atoms with E-state index in [-0.39, 0.29) is 5.82 Å². The van der Waals surface area contributed by atoms with E-state index in [0.29, 0.717) is 11.9 Å². The molecule has 0 bridgehead atoms. The van der Waals surface area contributed by atoms with Gasteiger partial charge in [0.2, 0.25) is 5.91 Å². The third-order valence-corrected chi connectivity index (χ3v) is 5.82. The highest BCUT2D eigenvalue weighted by Gasteiger charge is 2.33. The zero-order valence-electron chi connectivity index (χ0n) is 14.7. The van der Waals surface area contributed by atoms with Gasteiger partial charge < -0.3 is 9.80 Å². The minimum atomic E-state index is -0.174. The molecule has 4 rings (SSSR count). The summed E-state index contributed by atoms with van der Waals surface area (Å²) < 4.78 is 13.0. The number of hydrogen-bond acceptors (Lipinski definition) is 4. The largest absolute Gasteiger partial charge is 0.369 e. The number of halogens is 1. The number of nitrogens with zero attached hydrogens (tertiary/aromatic N) is 4. The molecule has 0 unspecified atom stereocenters. The van der Waals surface area contributed by atoms with Crippen LogP contribution in [0.2, 0.25) is 0 Å². The van der Waals surface area contributed by atoms with Crippen LogP contribution in [0, 0.1) is 5.82 Å². The molecule has 1 amide bonds. The number of amides is 1. The smallest absolute Gasteiger partial charge is 0.222 e. The molecule has 6 heteroatoms. The average molecular weight is 346 g/mol. The molecule has 3 aliphatic rings. The normalized spacial score (nSPS) is 23.3. The van der Waals surface area contributed by atoms with Gasteiger partial charge in [0.15, 0.2) is 0 Å². The highest BCUT2D eigenvalue weighted by atomic mass is 19.1. The van der Waals surface area contributed by atoms with E-state index in [0.717, 1.165) is 77.4 Å². The summed E-state index contributed by atoms with van der Waals surface area (Å²) in [5.74, 6) is 0.154. The van der Waals surface area contributed by atoms with Crippen molar-refractivity contribution < 1.29 is 9.18 Å². The van der Waals surface area contributed by atoms with Gasteiger partial charge in [0.25, 0.3) is 0 Å². The lowest BCUT2D eigenvalue weighted by Gasteiger charge is -2.48. The van der Waals surface area contributed by atoms with Gasteiger partial charge in [-0.05, 0) is 30.7 Å². The highest BCUT2D eigenvalue weighted by molar-refractivity contribution is 5.78. The summed E-state index contributed by atoms with van der Waals surface area (Å²) in [6.07, 6.45) is 1.76. The summed E-state index contributed by atoms with van der Waals surface area (Å²) in [5.41, 5.74) is 1.12. The second-order valence-electron chi connectivity index (χ2n) is 7.40. The Bertz CT molecular complexity index is 594. The minimum Gasteiger partial charge on any atom is -0.369 e. The van der Waals surface area contributed by atoms with Crippen molar-refractivity contribution in [1.29, 1.82) is 0 Å². The zero-order valence-corrected chi connectivity index (χ0v) is 14.7. The SMILES string of the molecule is O=C1CCCN1CCN1CC(N2CCN(c3ccc(F)cc3)CC2)C1. The first-order valence-corrected chi connectivity index (χ1v) is 9.44. The zero-order chi connectivity index (χ0) is 17.2. The first-order valence-electron chi connectivity index (χ1n) is 9.44. The van der Waals surface area contributed by atoms with Crippen molar-refractivity contribution in [2.45, 2.75) is 18.9 Å². The molecule has 0 spiro atoms. The maximum absolute atomic E-state index is 13.0. The van der Waals surface area contributed by atoms with Gasteiger partial charge in [0.1, 0.15) is 5.82 Å². The van der Waals surface area contributed by atoms with Crippen LogP contribution >= 0.6 is 0 Å². The Hall–Kier alpha value is -1.66. The number of piperazine rings is 1. The van der Waals surface area contributed by atoms with Crippen molar-refractivity contribution >= 4 is 11.6 Å². The van der Waals surface area contributed by atoms with Crippen LogP contribution in [0.25, 0.3) is 0 Å². The Morgan fingerprint density at radius 2 is 1.68 bits per heavy atom. The summed E-state index contributed by atoms with van der Waals surface area (Å²) in [7, 11) is 0. The van der Waals surface area contributed by atoms with E-state index in [1.165, 1.54) is 12.1 Å². The van der Waals surface area contributed by atoms with E-state index >= 15 is 0 Å². The van der Waals surface area contributed by atoms with Gasteiger partial charge in [-0.15, -0.1) is 0 Å². The fraction of sp³-hybridized carbons (Fsp3) is 0.632. The third kappa shape index (κ3) is 3.80. The van der Waals surface area contributed by atoms with Gasteiger partial charge >= 0.3 is 0 Å². The molecule has 0 atom stereocenters. The Morgan fingerprint density at radius 3 is 2.32 bits per heavy atom. The molecule has 0 saturated carbocycles. The number of carbonyl (C=O) groups excluding carboxylic acids is 1. The number of likely N-dealkylation sites (tertiary alicyclic amines) is 2. The predicted octanol–water partition coefficient (Wildman–Crippen LogP) is 1.25. The van der Waals surface area contributed by atoms with E-state index in [1.807, 2.05) is 17.0 Å². The van der Waals surface area contributed by atoms with E-state index in [2.05, 4.69) is 14.7 Å². The van der Waals surface area contributed by atoms with Gasteiger partial charge in [-0.3, -0.25) is 14.6 Å². The minimum absolute atomic E-state index is 0.174. The molecule has 0 aliphatic carbocycles. The predicted molar refractivity (Wildman–Crippen MR) is 96.2 cm³/mol. The monoisotopic (exact) mass is 346 g/mol. The lowest BCUT2D eigenvalue weighted by molar-refractivity contribution is -0.128. The van der Waals surface area contributed by atoms with Gasteiger partial charge in [0.05, 0.1) is 0 Å². The number of rotatable bonds is 5. The van der Waals surface area contributed by atoms with Crippen molar-refractivity contribution in [3.63, 3.8) is 0 Å². The van der Waals surface area contributed by atoms with Gasteiger partial charge in [-0.25, -0.2) is 4.39 Å². The standard InChI is InChI=1S/C19H27FN4O/c20-16-3-5-17(6-4-16)22-10-12-23(13-11-22)18-14-21(15-18)8-9-24-7-1-2-19(24)25/h3-6,18H,1-2,7-15H2. The molecule has 5 nitrogen and oxygen atoms in total. The Morgan fingerprint density at radius 1 is 0.960 bits per heavy atom. The molecular formula is C19H27FN4O. The summed E-state index contributed by atoms with van der Waals surface area (Å²) in [6.45, 7) is 9.25. The van der Waals surface area contributed by atoms with Crippen LogP contribution in [0.15, 0.2) is 24.3 Å². The topological polar surface area (TPSA) is 30.0 Å². The summed E-state index contributed by atoms with van der Waals surface area (Å²) in [6, 6.07) is 7.48. The van der Waals surface area contributed by atoms with Crippen LogP contribution in [0.4, 0.5) is 10.1 Å². The summed E-state index contributed by atoms with van der Waals surface area (Å²) >= 11 is 0. The van der Waals surface area contributed by atoms with Crippen molar-refractivity contribution in [2.75, 3.05) is 63.8 Å². The maximum atomic E-state index is 13.0. The molecule has 136 valence electrons. The van der Waals surface area contributed by atoms with Gasteiger partial charge in [-0.2, -0.15) is 0 Å². The second kappa shape index (κ2) is 7.30. The van der Waals surface area contributed by atoms with E-state index in [9.17, 15) is 9.18 Å². The fourth-order valence-corrected chi connectivity index (χ4v) is 4.16. The molecule has 3 heterocycles. The van der Waals surface area contributed by atoms with Crippen LogP contribution in [-0.2, 0) is 4.79 Å². The van der Waals surface area contributed by atoms with Crippen molar-refractivity contribution in [1.82, 2.24) is 14.7 Å². The number of hydrogen-bond donors (Lipinski definition) is 0.